The van der Waals surface area contributed by atoms with E-state index in [4.69, 9.17) is 10.5 Å². The van der Waals surface area contributed by atoms with Gasteiger partial charge < -0.3 is 21.1 Å². The maximum atomic E-state index is 12.1. The molecule has 0 unspecified atom stereocenters. The summed E-state index contributed by atoms with van der Waals surface area (Å²) >= 11 is 0. The number of aliphatic imine (C=N–C) groups is 1. The van der Waals surface area contributed by atoms with Gasteiger partial charge in [0.15, 0.2) is 5.96 Å². The Hall–Kier alpha value is -1.51. The molecule has 0 atom stereocenters. The fraction of sp³-hybridized carbons (Fsp3) is 0.579. The van der Waals surface area contributed by atoms with E-state index in [1.54, 1.807) is 0 Å². The number of hydrogen-bond acceptors (Lipinski definition) is 3. The Kier molecular flexibility index (Phi) is 9.98. The Morgan fingerprint density at radius 2 is 1.85 bits per heavy atom. The van der Waals surface area contributed by atoms with Crippen molar-refractivity contribution >= 4 is 41.7 Å². The molecule has 0 spiro atoms. The van der Waals surface area contributed by atoms with Gasteiger partial charge in [-0.1, -0.05) is 26.0 Å². The molecule has 0 aliphatic carbocycles. The number of amides is 1. The average molecular weight is 476 g/mol. The smallest absolute Gasteiger partial charge is 0.408 e. The molecule has 1 aromatic rings. The van der Waals surface area contributed by atoms with Gasteiger partial charge in [-0.25, -0.2) is 4.79 Å². The van der Waals surface area contributed by atoms with E-state index >= 15 is 0 Å². The van der Waals surface area contributed by atoms with Crippen molar-refractivity contribution in [3.63, 3.8) is 0 Å². The molecule has 148 valence electrons. The number of benzene rings is 1. The number of carbonyl (C=O) groups is 1. The number of ether oxygens (including phenoxy) is 1. The molecule has 0 radical (unpaired) electrons. The normalized spacial score (nSPS) is 12.2. The summed E-state index contributed by atoms with van der Waals surface area (Å²) in [6.45, 7) is 11.9. The van der Waals surface area contributed by atoms with Crippen LogP contribution in [0, 0.1) is 6.92 Å². The number of guanidine groups is 1. The molecule has 0 heterocycles. The molecule has 0 saturated carbocycles. The van der Waals surface area contributed by atoms with Crippen molar-refractivity contribution in [2.24, 2.45) is 10.7 Å². The number of aryl methyl sites for hydroxylation is 1. The first-order valence-corrected chi connectivity index (χ1v) is 8.74. The van der Waals surface area contributed by atoms with Gasteiger partial charge in [0.25, 0.3) is 0 Å². The van der Waals surface area contributed by atoms with Crippen molar-refractivity contribution in [1.29, 1.82) is 0 Å². The molecule has 0 aliphatic rings. The molecule has 0 saturated heterocycles. The van der Waals surface area contributed by atoms with E-state index in [-0.39, 0.29) is 24.0 Å². The summed E-state index contributed by atoms with van der Waals surface area (Å²) in [5.41, 5.74) is 7.01. The molecule has 0 aromatic heterocycles. The lowest BCUT2D eigenvalue weighted by atomic mass is 9.93. The van der Waals surface area contributed by atoms with Crippen molar-refractivity contribution in [1.82, 2.24) is 5.32 Å². The summed E-state index contributed by atoms with van der Waals surface area (Å²) in [7, 11) is 0. The number of nitrogens with zero attached hydrogens (tertiary/aromatic N) is 1. The fourth-order valence-corrected chi connectivity index (χ4v) is 2.36. The standard InChI is InChI=1S/C19H32N4O2.HI/c1-7-19(8-2,23-17(24)25-18(4,5)6)13-21-16(20)22-15-11-9-10-14(3)12-15;/h9-12H,7-8,13H2,1-6H3,(H,23,24)(H3,20,21,22);1H. The van der Waals surface area contributed by atoms with Gasteiger partial charge in [0.2, 0.25) is 0 Å². The molecule has 0 aliphatic heterocycles. The highest BCUT2D eigenvalue weighted by Gasteiger charge is 2.30. The second-order valence-corrected chi connectivity index (χ2v) is 7.31. The molecular weight excluding hydrogens is 443 g/mol. The summed E-state index contributed by atoms with van der Waals surface area (Å²) in [5, 5.41) is 6.04. The number of anilines is 1. The monoisotopic (exact) mass is 476 g/mol. The minimum Gasteiger partial charge on any atom is -0.444 e. The third kappa shape index (κ3) is 8.73. The van der Waals surface area contributed by atoms with Gasteiger partial charge in [0, 0.05) is 5.69 Å². The van der Waals surface area contributed by atoms with Crippen LogP contribution >= 0.6 is 24.0 Å². The van der Waals surface area contributed by atoms with E-state index < -0.39 is 17.2 Å². The summed E-state index contributed by atoms with van der Waals surface area (Å²) in [4.78, 5) is 16.6. The van der Waals surface area contributed by atoms with Gasteiger partial charge in [-0.15, -0.1) is 24.0 Å². The Bertz CT molecular complexity index is 608. The molecule has 1 amide bonds. The number of rotatable bonds is 6. The summed E-state index contributed by atoms with van der Waals surface area (Å²) in [6.07, 6.45) is 1.02. The van der Waals surface area contributed by atoms with E-state index in [0.717, 1.165) is 24.1 Å². The first-order chi connectivity index (χ1) is 11.6. The van der Waals surface area contributed by atoms with Crippen molar-refractivity contribution in [3.05, 3.63) is 29.8 Å². The van der Waals surface area contributed by atoms with Crippen LogP contribution in [0.2, 0.25) is 0 Å². The number of alkyl carbamates (subject to hydrolysis) is 1. The van der Waals surface area contributed by atoms with Crippen LogP contribution in [0.5, 0.6) is 0 Å². The van der Waals surface area contributed by atoms with Gasteiger partial charge in [0.1, 0.15) is 5.60 Å². The van der Waals surface area contributed by atoms with Crippen LogP contribution in [-0.2, 0) is 4.74 Å². The maximum Gasteiger partial charge on any atom is 0.408 e. The quantitative estimate of drug-likeness (QED) is 0.322. The van der Waals surface area contributed by atoms with Gasteiger partial charge in [-0.2, -0.15) is 0 Å². The van der Waals surface area contributed by atoms with Crippen LogP contribution in [0.1, 0.15) is 53.0 Å². The zero-order chi connectivity index (χ0) is 19.1. The molecule has 4 N–H and O–H groups in total. The highest BCUT2D eigenvalue weighted by atomic mass is 127. The molecule has 7 heteroatoms. The molecule has 1 rings (SSSR count). The summed E-state index contributed by atoms with van der Waals surface area (Å²) in [5.74, 6) is 0.322. The van der Waals surface area contributed by atoms with Gasteiger partial charge in [-0.05, 0) is 58.2 Å². The third-order valence-corrected chi connectivity index (χ3v) is 3.96. The minimum absolute atomic E-state index is 0. The van der Waals surface area contributed by atoms with E-state index in [9.17, 15) is 4.79 Å². The lowest BCUT2D eigenvalue weighted by molar-refractivity contribution is 0.0452. The third-order valence-electron chi connectivity index (χ3n) is 3.96. The van der Waals surface area contributed by atoms with Gasteiger partial charge in [0.05, 0.1) is 12.1 Å². The fourth-order valence-electron chi connectivity index (χ4n) is 2.36. The zero-order valence-electron chi connectivity index (χ0n) is 16.7. The lowest BCUT2D eigenvalue weighted by Crippen LogP contribution is -2.52. The van der Waals surface area contributed by atoms with Gasteiger partial charge in [-0.3, -0.25) is 4.99 Å². The maximum absolute atomic E-state index is 12.1. The predicted octanol–water partition coefficient (Wildman–Crippen LogP) is 4.42. The van der Waals surface area contributed by atoms with E-state index in [0.29, 0.717) is 12.5 Å². The average Bonchev–Trinajstić information content (AvgIpc) is 2.50. The van der Waals surface area contributed by atoms with Crippen LogP contribution in [0.3, 0.4) is 0 Å². The van der Waals surface area contributed by atoms with E-state index in [1.807, 2.05) is 65.8 Å². The number of nitrogens with one attached hydrogen (secondary N) is 2. The molecule has 0 fully saturated rings. The molecule has 6 nitrogen and oxygen atoms in total. The lowest BCUT2D eigenvalue weighted by Gasteiger charge is -2.32. The first kappa shape index (κ1) is 24.5. The Morgan fingerprint density at radius 3 is 2.35 bits per heavy atom. The topological polar surface area (TPSA) is 88.7 Å². The van der Waals surface area contributed by atoms with Crippen LogP contribution in [0.15, 0.2) is 29.3 Å². The van der Waals surface area contributed by atoms with Crippen molar-refractivity contribution in [2.45, 2.75) is 65.5 Å². The number of hydrogen-bond donors (Lipinski definition) is 3. The minimum atomic E-state index is -0.535. The largest absolute Gasteiger partial charge is 0.444 e. The van der Waals surface area contributed by atoms with E-state index in [1.165, 1.54) is 0 Å². The second-order valence-electron chi connectivity index (χ2n) is 7.31. The van der Waals surface area contributed by atoms with Gasteiger partial charge >= 0.3 is 6.09 Å². The number of carbonyl (C=O) groups excluding carboxylic acids is 1. The number of halogens is 1. The predicted molar refractivity (Wildman–Crippen MR) is 119 cm³/mol. The zero-order valence-corrected chi connectivity index (χ0v) is 19.0. The number of nitrogens with two attached hydrogens (primary N) is 1. The Labute approximate surface area is 174 Å². The Balaban J connectivity index is 0.00000625. The highest BCUT2D eigenvalue weighted by molar-refractivity contribution is 14.0. The van der Waals surface area contributed by atoms with Crippen LogP contribution in [-0.4, -0.2) is 29.7 Å². The SMILES string of the molecule is CCC(CC)(CN=C(N)Nc1cccc(C)c1)NC(=O)OC(C)(C)C.I. The van der Waals surface area contributed by atoms with Crippen molar-refractivity contribution in [2.75, 3.05) is 11.9 Å². The van der Waals surface area contributed by atoms with Crippen molar-refractivity contribution < 1.29 is 9.53 Å². The second kappa shape index (κ2) is 10.6. The van der Waals surface area contributed by atoms with Crippen LogP contribution in [0.25, 0.3) is 0 Å². The van der Waals surface area contributed by atoms with Crippen molar-refractivity contribution in [3.8, 4) is 0 Å². The molecule has 1 aromatic carbocycles. The first-order valence-electron chi connectivity index (χ1n) is 8.74. The Morgan fingerprint density at radius 1 is 1.23 bits per heavy atom. The van der Waals surface area contributed by atoms with Crippen LogP contribution in [0.4, 0.5) is 10.5 Å². The molecule has 26 heavy (non-hydrogen) atoms. The highest BCUT2D eigenvalue weighted by Crippen LogP contribution is 2.18. The van der Waals surface area contributed by atoms with Crippen LogP contribution < -0.4 is 16.4 Å². The summed E-state index contributed by atoms with van der Waals surface area (Å²) in [6, 6.07) is 7.90. The summed E-state index contributed by atoms with van der Waals surface area (Å²) < 4.78 is 5.37. The van der Waals surface area contributed by atoms with E-state index in [2.05, 4.69) is 15.6 Å². The molecule has 0 bridgehead atoms. The molecular formula is C19H33IN4O2.